The van der Waals surface area contributed by atoms with Crippen LogP contribution in [0.4, 0.5) is 5.69 Å². The molecule has 26 heavy (non-hydrogen) atoms. The van der Waals surface area contributed by atoms with Crippen LogP contribution in [-0.4, -0.2) is 41.6 Å². The average molecular weight is 380 g/mol. The molecule has 0 unspecified atom stereocenters. The summed E-state index contributed by atoms with van der Waals surface area (Å²) in [5.41, 5.74) is 1.41. The van der Waals surface area contributed by atoms with Gasteiger partial charge in [-0.2, -0.15) is 0 Å². The number of rotatable bonds is 7. The van der Waals surface area contributed by atoms with Crippen LogP contribution in [0.5, 0.6) is 5.75 Å². The lowest BCUT2D eigenvalue weighted by molar-refractivity contribution is -0.132. The molecule has 0 fully saturated rings. The van der Waals surface area contributed by atoms with Gasteiger partial charge in [-0.3, -0.25) is 9.59 Å². The Labute approximate surface area is 157 Å². The molecular formula is C18H22ClN3O4. The van der Waals surface area contributed by atoms with Crippen LogP contribution in [0.2, 0.25) is 5.02 Å². The number of hydrogen-bond acceptors (Lipinski definition) is 5. The lowest BCUT2D eigenvalue weighted by atomic mass is 10.2. The van der Waals surface area contributed by atoms with Crippen LogP contribution in [0.1, 0.15) is 35.7 Å². The molecule has 0 atom stereocenters. The molecule has 1 heterocycles. The lowest BCUT2D eigenvalue weighted by Gasteiger charge is -2.19. The number of amides is 2. The van der Waals surface area contributed by atoms with Gasteiger partial charge in [0.15, 0.2) is 6.61 Å². The Morgan fingerprint density at radius 2 is 1.96 bits per heavy atom. The first-order valence-corrected chi connectivity index (χ1v) is 8.69. The molecule has 1 N–H and O–H groups in total. The van der Waals surface area contributed by atoms with E-state index in [0.717, 1.165) is 0 Å². The number of ether oxygens (including phenoxy) is 1. The van der Waals surface area contributed by atoms with Crippen molar-refractivity contribution < 1.29 is 18.8 Å². The minimum atomic E-state index is -0.331. The third kappa shape index (κ3) is 4.54. The molecule has 0 aliphatic heterocycles. The molecule has 0 saturated heterocycles. The van der Waals surface area contributed by atoms with Gasteiger partial charge in [-0.1, -0.05) is 16.8 Å². The molecule has 2 rings (SSSR count). The van der Waals surface area contributed by atoms with E-state index in [1.54, 1.807) is 36.9 Å². The van der Waals surface area contributed by atoms with Gasteiger partial charge in [0.05, 0.1) is 10.7 Å². The van der Waals surface area contributed by atoms with Gasteiger partial charge in [0.2, 0.25) is 0 Å². The standard InChI is InChI=1S/C18H22ClN3O4/c1-5-22(6-2)16(23)10-25-15-8-7-13(9-14(15)19)20-18(24)17-11(3)21-26-12(17)4/h7-9H,5-6,10H2,1-4H3,(H,20,24). The van der Waals surface area contributed by atoms with E-state index in [-0.39, 0.29) is 18.4 Å². The molecule has 0 radical (unpaired) electrons. The molecule has 0 aliphatic rings. The number of benzene rings is 1. The predicted octanol–water partition coefficient (Wildman–Crippen LogP) is 3.44. The molecule has 7 nitrogen and oxygen atoms in total. The predicted molar refractivity (Wildman–Crippen MR) is 98.8 cm³/mol. The zero-order valence-corrected chi connectivity index (χ0v) is 16.0. The van der Waals surface area contributed by atoms with Gasteiger partial charge in [0.25, 0.3) is 11.8 Å². The summed E-state index contributed by atoms with van der Waals surface area (Å²) in [6.45, 7) is 8.34. The number of aryl methyl sites for hydroxylation is 2. The fraction of sp³-hybridized carbons (Fsp3) is 0.389. The van der Waals surface area contributed by atoms with Crippen LogP contribution in [0, 0.1) is 13.8 Å². The summed E-state index contributed by atoms with van der Waals surface area (Å²) in [6.07, 6.45) is 0. The van der Waals surface area contributed by atoms with Gasteiger partial charge in [0.1, 0.15) is 17.1 Å². The van der Waals surface area contributed by atoms with Crippen molar-refractivity contribution in [2.24, 2.45) is 0 Å². The molecule has 1 aromatic heterocycles. The van der Waals surface area contributed by atoms with Crippen molar-refractivity contribution in [3.63, 3.8) is 0 Å². The molecular weight excluding hydrogens is 358 g/mol. The maximum absolute atomic E-state index is 12.3. The zero-order chi connectivity index (χ0) is 19.3. The molecule has 0 aliphatic carbocycles. The van der Waals surface area contributed by atoms with Crippen LogP contribution >= 0.6 is 11.6 Å². The Bertz CT molecular complexity index is 780. The van der Waals surface area contributed by atoms with Crippen LogP contribution < -0.4 is 10.1 Å². The number of nitrogens with one attached hydrogen (secondary N) is 1. The van der Waals surface area contributed by atoms with E-state index < -0.39 is 0 Å². The Balaban J connectivity index is 2.03. The summed E-state index contributed by atoms with van der Waals surface area (Å²) >= 11 is 6.20. The molecule has 2 amide bonds. The average Bonchev–Trinajstić information content (AvgIpc) is 2.94. The van der Waals surface area contributed by atoms with Crippen molar-refractivity contribution in [2.75, 3.05) is 25.0 Å². The van der Waals surface area contributed by atoms with E-state index in [1.165, 1.54) is 0 Å². The first-order valence-electron chi connectivity index (χ1n) is 8.31. The lowest BCUT2D eigenvalue weighted by Crippen LogP contribution is -2.34. The van der Waals surface area contributed by atoms with E-state index in [1.807, 2.05) is 13.8 Å². The van der Waals surface area contributed by atoms with Gasteiger partial charge in [-0.25, -0.2) is 0 Å². The van der Waals surface area contributed by atoms with Gasteiger partial charge < -0.3 is 19.5 Å². The molecule has 2 aromatic rings. The second-order valence-electron chi connectivity index (χ2n) is 5.65. The second kappa shape index (κ2) is 8.71. The number of halogens is 1. The fourth-order valence-electron chi connectivity index (χ4n) is 2.50. The molecule has 140 valence electrons. The number of anilines is 1. The van der Waals surface area contributed by atoms with Crippen molar-refractivity contribution >= 4 is 29.1 Å². The quantitative estimate of drug-likeness (QED) is 0.796. The Morgan fingerprint density at radius 1 is 1.27 bits per heavy atom. The summed E-state index contributed by atoms with van der Waals surface area (Å²) in [7, 11) is 0. The highest BCUT2D eigenvalue weighted by Gasteiger charge is 2.18. The van der Waals surface area contributed by atoms with E-state index in [4.69, 9.17) is 20.9 Å². The maximum atomic E-state index is 12.3. The van der Waals surface area contributed by atoms with Gasteiger partial charge in [-0.05, 0) is 45.9 Å². The number of carbonyl (C=O) groups excluding carboxylic acids is 2. The Hall–Kier alpha value is -2.54. The zero-order valence-electron chi connectivity index (χ0n) is 15.3. The highest BCUT2D eigenvalue weighted by atomic mass is 35.5. The summed E-state index contributed by atoms with van der Waals surface area (Å²) in [6, 6.07) is 4.83. The SMILES string of the molecule is CCN(CC)C(=O)COc1ccc(NC(=O)c2c(C)noc2C)cc1Cl. The third-order valence-corrected chi connectivity index (χ3v) is 4.21. The van der Waals surface area contributed by atoms with Crippen molar-refractivity contribution in [1.29, 1.82) is 0 Å². The van der Waals surface area contributed by atoms with Crippen molar-refractivity contribution in [2.45, 2.75) is 27.7 Å². The largest absolute Gasteiger partial charge is 0.482 e. The highest BCUT2D eigenvalue weighted by Crippen LogP contribution is 2.28. The van der Waals surface area contributed by atoms with Crippen LogP contribution in [0.15, 0.2) is 22.7 Å². The molecule has 1 aromatic carbocycles. The Kier molecular flexibility index (Phi) is 6.63. The van der Waals surface area contributed by atoms with E-state index in [2.05, 4.69) is 10.5 Å². The minimum absolute atomic E-state index is 0.0911. The molecule has 0 saturated carbocycles. The van der Waals surface area contributed by atoms with E-state index in [9.17, 15) is 9.59 Å². The first-order chi connectivity index (χ1) is 12.4. The fourth-order valence-corrected chi connectivity index (χ4v) is 2.74. The maximum Gasteiger partial charge on any atom is 0.261 e. The normalized spacial score (nSPS) is 10.5. The van der Waals surface area contributed by atoms with Crippen LogP contribution in [0.25, 0.3) is 0 Å². The number of carbonyl (C=O) groups is 2. The number of aromatic nitrogens is 1. The number of nitrogens with zero attached hydrogens (tertiary/aromatic N) is 2. The summed E-state index contributed by atoms with van der Waals surface area (Å²) in [5, 5.41) is 6.80. The van der Waals surface area contributed by atoms with Crippen molar-refractivity contribution in [3.8, 4) is 5.75 Å². The molecule has 0 spiro atoms. The summed E-state index contributed by atoms with van der Waals surface area (Å²) in [5.74, 6) is 0.382. The van der Waals surface area contributed by atoms with Crippen molar-refractivity contribution in [3.05, 3.63) is 40.2 Å². The van der Waals surface area contributed by atoms with E-state index >= 15 is 0 Å². The van der Waals surface area contributed by atoms with Crippen LogP contribution in [-0.2, 0) is 4.79 Å². The van der Waals surface area contributed by atoms with Gasteiger partial charge in [-0.15, -0.1) is 0 Å². The smallest absolute Gasteiger partial charge is 0.261 e. The Morgan fingerprint density at radius 3 is 2.50 bits per heavy atom. The summed E-state index contributed by atoms with van der Waals surface area (Å²) < 4.78 is 10.5. The molecule has 0 bridgehead atoms. The highest BCUT2D eigenvalue weighted by molar-refractivity contribution is 6.32. The minimum Gasteiger partial charge on any atom is -0.482 e. The number of hydrogen-bond donors (Lipinski definition) is 1. The van der Waals surface area contributed by atoms with E-state index in [0.29, 0.717) is 46.6 Å². The number of likely N-dealkylation sites (N-methyl/N-ethyl adjacent to an activating group) is 1. The second-order valence-corrected chi connectivity index (χ2v) is 6.06. The third-order valence-electron chi connectivity index (χ3n) is 3.92. The topological polar surface area (TPSA) is 84.7 Å². The van der Waals surface area contributed by atoms with Crippen LogP contribution in [0.3, 0.4) is 0 Å². The van der Waals surface area contributed by atoms with Gasteiger partial charge >= 0.3 is 0 Å². The monoisotopic (exact) mass is 379 g/mol. The van der Waals surface area contributed by atoms with Crippen molar-refractivity contribution in [1.82, 2.24) is 10.1 Å². The van der Waals surface area contributed by atoms with Gasteiger partial charge in [0, 0.05) is 18.8 Å². The first kappa shape index (κ1) is 19.8. The summed E-state index contributed by atoms with van der Waals surface area (Å²) in [4.78, 5) is 26.0. The molecule has 8 heteroatoms.